The third-order valence-electron chi connectivity index (χ3n) is 4.14. The van der Waals surface area contributed by atoms with Crippen molar-refractivity contribution in [2.24, 2.45) is 0 Å². The van der Waals surface area contributed by atoms with Crippen LogP contribution in [-0.4, -0.2) is 35.1 Å². The van der Waals surface area contributed by atoms with E-state index in [9.17, 15) is 14.4 Å². The summed E-state index contributed by atoms with van der Waals surface area (Å²) >= 11 is 5.11. The van der Waals surface area contributed by atoms with Crippen molar-refractivity contribution in [2.75, 3.05) is 12.0 Å². The minimum absolute atomic E-state index is 0.0700. The van der Waals surface area contributed by atoms with Gasteiger partial charge in [-0.15, -0.1) is 0 Å². The van der Waals surface area contributed by atoms with Gasteiger partial charge in [-0.05, 0) is 60.3 Å². The fourth-order valence-corrected chi connectivity index (χ4v) is 2.92. The second kappa shape index (κ2) is 8.49. The first kappa shape index (κ1) is 20.0. The van der Waals surface area contributed by atoms with Gasteiger partial charge < -0.3 is 9.84 Å². The maximum absolute atomic E-state index is 12.8. The van der Waals surface area contributed by atoms with Crippen LogP contribution in [0.5, 0.6) is 5.75 Å². The van der Waals surface area contributed by atoms with Crippen LogP contribution >= 0.6 is 12.2 Å². The van der Waals surface area contributed by atoms with Gasteiger partial charge in [0.25, 0.3) is 11.8 Å². The van der Waals surface area contributed by atoms with Gasteiger partial charge in [0.15, 0.2) is 5.11 Å². The van der Waals surface area contributed by atoms with Crippen molar-refractivity contribution >= 4 is 46.9 Å². The maximum Gasteiger partial charge on any atom is 0.335 e. The van der Waals surface area contributed by atoms with Gasteiger partial charge in [0.2, 0.25) is 0 Å². The van der Waals surface area contributed by atoms with Crippen molar-refractivity contribution in [2.45, 2.75) is 0 Å². The number of hydrogen-bond donors (Lipinski definition) is 2. The summed E-state index contributed by atoms with van der Waals surface area (Å²) in [5.41, 5.74) is 1.20. The number of methoxy groups -OCH3 is 1. The molecule has 1 aliphatic heterocycles. The molecule has 7 nitrogen and oxygen atoms in total. The lowest BCUT2D eigenvalue weighted by Crippen LogP contribution is -2.54. The molecule has 0 bridgehead atoms. The van der Waals surface area contributed by atoms with Crippen LogP contribution in [0.3, 0.4) is 0 Å². The summed E-state index contributed by atoms with van der Waals surface area (Å²) < 4.78 is 5.10. The number of anilines is 1. The summed E-state index contributed by atoms with van der Waals surface area (Å²) in [6, 6.07) is 12.9. The average molecular weight is 408 g/mol. The Morgan fingerprint density at radius 1 is 1.10 bits per heavy atom. The quantitative estimate of drug-likeness (QED) is 0.449. The highest BCUT2D eigenvalue weighted by Gasteiger charge is 2.34. The number of amides is 2. The van der Waals surface area contributed by atoms with E-state index < -0.39 is 17.8 Å². The van der Waals surface area contributed by atoms with Gasteiger partial charge in [-0.1, -0.05) is 24.3 Å². The summed E-state index contributed by atoms with van der Waals surface area (Å²) in [4.78, 5) is 37.2. The Morgan fingerprint density at radius 3 is 2.34 bits per heavy atom. The highest BCUT2D eigenvalue weighted by Crippen LogP contribution is 2.21. The lowest BCUT2D eigenvalue weighted by atomic mass is 10.1. The van der Waals surface area contributed by atoms with E-state index in [1.165, 1.54) is 30.3 Å². The minimum atomic E-state index is -1.08. The number of carboxylic acid groups (broad SMARTS) is 1. The molecule has 0 aromatic heterocycles. The Balaban J connectivity index is 1.84. The van der Waals surface area contributed by atoms with Crippen molar-refractivity contribution in [3.8, 4) is 5.75 Å². The van der Waals surface area contributed by atoms with E-state index >= 15 is 0 Å². The third kappa shape index (κ3) is 4.39. The highest BCUT2D eigenvalue weighted by atomic mass is 32.1. The molecule has 0 spiro atoms. The van der Waals surface area contributed by atoms with Gasteiger partial charge in [0.1, 0.15) is 11.3 Å². The molecule has 0 unspecified atom stereocenters. The second-order valence-electron chi connectivity index (χ2n) is 5.96. The number of aromatic carboxylic acids is 1. The smallest absolute Gasteiger partial charge is 0.335 e. The molecule has 2 aromatic rings. The van der Waals surface area contributed by atoms with Crippen molar-refractivity contribution in [1.82, 2.24) is 5.32 Å². The number of nitrogens with one attached hydrogen (secondary N) is 1. The largest absolute Gasteiger partial charge is 0.497 e. The van der Waals surface area contributed by atoms with Crippen molar-refractivity contribution in [3.63, 3.8) is 0 Å². The molecule has 0 saturated carbocycles. The molecule has 2 N–H and O–H groups in total. The molecular weight excluding hydrogens is 392 g/mol. The minimum Gasteiger partial charge on any atom is -0.497 e. The standard InChI is InChI=1S/C21H16N2O5S/c1-28-16-11-5-13(6-12-16)3-2-4-17-18(24)22-21(29)23(19(17)25)15-9-7-14(8-10-15)20(26)27/h2-12H,1H3,(H,26,27)(H,22,24,29). The Bertz CT molecular complexity index is 1040. The van der Waals surface area contributed by atoms with Crippen LogP contribution in [0.25, 0.3) is 6.08 Å². The Labute approximate surface area is 171 Å². The summed E-state index contributed by atoms with van der Waals surface area (Å²) in [5.74, 6) is -1.55. The van der Waals surface area contributed by atoms with E-state index in [0.717, 1.165) is 16.2 Å². The molecule has 0 radical (unpaired) electrons. The van der Waals surface area contributed by atoms with E-state index in [-0.39, 0.29) is 16.2 Å². The Hall–Kier alpha value is -3.78. The van der Waals surface area contributed by atoms with Gasteiger partial charge in [0.05, 0.1) is 18.4 Å². The zero-order valence-electron chi connectivity index (χ0n) is 15.3. The molecule has 146 valence electrons. The maximum atomic E-state index is 12.8. The third-order valence-corrected chi connectivity index (χ3v) is 4.43. The first-order valence-corrected chi connectivity index (χ1v) is 8.87. The number of carboxylic acids is 1. The van der Waals surface area contributed by atoms with Crippen LogP contribution in [0.1, 0.15) is 15.9 Å². The number of benzene rings is 2. The first-order valence-electron chi connectivity index (χ1n) is 8.46. The van der Waals surface area contributed by atoms with Crippen LogP contribution < -0.4 is 15.0 Å². The molecule has 1 fully saturated rings. The predicted molar refractivity (Wildman–Crippen MR) is 112 cm³/mol. The van der Waals surface area contributed by atoms with Gasteiger partial charge in [-0.2, -0.15) is 0 Å². The van der Waals surface area contributed by atoms with Crippen molar-refractivity contribution in [1.29, 1.82) is 0 Å². The SMILES string of the molecule is COc1ccc(C=CC=C2C(=O)NC(=S)N(c3ccc(C(=O)O)cc3)C2=O)cc1. The number of allylic oxidation sites excluding steroid dienone is 2. The molecule has 0 aliphatic carbocycles. The molecule has 1 aliphatic rings. The summed E-state index contributed by atoms with van der Waals surface area (Å²) in [6.07, 6.45) is 4.74. The molecule has 2 aromatic carbocycles. The summed E-state index contributed by atoms with van der Waals surface area (Å²) in [7, 11) is 1.58. The van der Waals surface area contributed by atoms with E-state index in [1.807, 2.05) is 12.1 Å². The molecule has 29 heavy (non-hydrogen) atoms. The number of rotatable bonds is 5. The van der Waals surface area contributed by atoms with Crippen LogP contribution in [0.15, 0.2) is 66.3 Å². The fourth-order valence-electron chi connectivity index (χ4n) is 2.64. The normalized spacial score (nSPS) is 15.7. The predicted octanol–water partition coefficient (Wildman–Crippen LogP) is 2.78. The topological polar surface area (TPSA) is 95.9 Å². The fraction of sp³-hybridized carbons (Fsp3) is 0.0476. The van der Waals surface area contributed by atoms with Crippen LogP contribution in [0.2, 0.25) is 0 Å². The average Bonchev–Trinajstić information content (AvgIpc) is 2.71. The van der Waals surface area contributed by atoms with Crippen molar-refractivity contribution in [3.05, 3.63) is 77.4 Å². The molecule has 1 saturated heterocycles. The Morgan fingerprint density at radius 2 is 1.76 bits per heavy atom. The lowest BCUT2D eigenvalue weighted by molar-refractivity contribution is -0.122. The molecule has 3 rings (SSSR count). The van der Waals surface area contributed by atoms with Gasteiger partial charge in [-0.25, -0.2) is 4.79 Å². The number of nitrogens with zero attached hydrogens (tertiary/aromatic N) is 1. The number of ether oxygens (including phenoxy) is 1. The van der Waals surface area contributed by atoms with Gasteiger partial charge in [0, 0.05) is 0 Å². The zero-order valence-corrected chi connectivity index (χ0v) is 16.1. The highest BCUT2D eigenvalue weighted by molar-refractivity contribution is 7.80. The molecular formula is C21H16N2O5S. The molecule has 1 heterocycles. The lowest BCUT2D eigenvalue weighted by Gasteiger charge is -2.28. The summed E-state index contributed by atoms with van der Waals surface area (Å²) in [6.45, 7) is 0. The number of carbonyl (C=O) groups is 3. The van der Waals surface area contributed by atoms with E-state index in [2.05, 4.69) is 5.32 Å². The molecule has 2 amide bonds. The number of thiocarbonyl (C=S) groups is 1. The van der Waals surface area contributed by atoms with Gasteiger partial charge in [-0.3, -0.25) is 19.8 Å². The van der Waals surface area contributed by atoms with E-state index in [0.29, 0.717) is 5.69 Å². The van der Waals surface area contributed by atoms with E-state index in [1.54, 1.807) is 31.4 Å². The van der Waals surface area contributed by atoms with Crippen LogP contribution in [0.4, 0.5) is 5.69 Å². The van der Waals surface area contributed by atoms with Crippen LogP contribution in [0, 0.1) is 0 Å². The summed E-state index contributed by atoms with van der Waals surface area (Å²) in [5, 5.41) is 11.4. The van der Waals surface area contributed by atoms with E-state index in [4.69, 9.17) is 22.1 Å². The number of carbonyl (C=O) groups excluding carboxylic acids is 2. The Kier molecular flexibility index (Phi) is 5.85. The van der Waals surface area contributed by atoms with Gasteiger partial charge >= 0.3 is 5.97 Å². The van der Waals surface area contributed by atoms with Crippen LogP contribution in [-0.2, 0) is 9.59 Å². The monoisotopic (exact) mass is 408 g/mol. The second-order valence-corrected chi connectivity index (χ2v) is 6.35. The molecule has 8 heteroatoms. The van der Waals surface area contributed by atoms with Crippen molar-refractivity contribution < 1.29 is 24.2 Å². The zero-order chi connectivity index (χ0) is 21.0. The number of hydrogen-bond acceptors (Lipinski definition) is 5. The first-order chi connectivity index (χ1) is 13.9. The molecule has 0 atom stereocenters.